The Morgan fingerprint density at radius 2 is 2.31 bits per heavy atom. The monoisotopic (exact) mass is 197 g/mol. The molecule has 1 saturated carbocycles. The van der Waals surface area contributed by atoms with Crippen LogP contribution in [0.25, 0.3) is 0 Å². The molecule has 70 valence electrons. The lowest BCUT2D eigenvalue weighted by atomic mass is 10.4. The molecule has 1 fully saturated rings. The fourth-order valence-electron chi connectivity index (χ4n) is 1.20. The highest BCUT2D eigenvalue weighted by atomic mass is 32.1. The zero-order valence-electron chi connectivity index (χ0n) is 7.66. The molecule has 3 nitrogen and oxygen atoms in total. The van der Waals surface area contributed by atoms with E-state index in [9.17, 15) is 4.79 Å². The maximum absolute atomic E-state index is 11.2. The van der Waals surface area contributed by atoms with Crippen molar-refractivity contribution in [3.8, 4) is 0 Å². The Labute approximate surface area is 80.8 Å². The van der Waals surface area contributed by atoms with Crippen LogP contribution in [0, 0.1) is 6.92 Å². The van der Waals surface area contributed by atoms with Crippen LogP contribution in [0.15, 0.2) is 0 Å². The van der Waals surface area contributed by atoms with E-state index in [0.29, 0.717) is 10.8 Å². The summed E-state index contributed by atoms with van der Waals surface area (Å²) in [4.78, 5) is 16.3. The number of rotatable bonds is 2. The minimum Gasteiger partial charge on any atom is -0.465 e. The van der Waals surface area contributed by atoms with Gasteiger partial charge in [0.2, 0.25) is 0 Å². The van der Waals surface area contributed by atoms with E-state index in [1.807, 2.05) is 6.92 Å². The topological polar surface area (TPSA) is 39.2 Å². The first-order valence-corrected chi connectivity index (χ1v) is 5.09. The minimum absolute atomic E-state index is 0.262. The molecule has 0 unspecified atom stereocenters. The summed E-state index contributed by atoms with van der Waals surface area (Å²) in [5, 5.41) is 1.10. The summed E-state index contributed by atoms with van der Waals surface area (Å²) in [5.41, 5.74) is 0.804. The number of hydrogen-bond donors (Lipinski definition) is 0. The molecule has 0 amide bonds. The first kappa shape index (κ1) is 8.69. The Bertz CT molecular complexity index is 341. The van der Waals surface area contributed by atoms with E-state index < -0.39 is 0 Å². The van der Waals surface area contributed by atoms with E-state index in [4.69, 9.17) is 0 Å². The second-order valence-corrected chi connectivity index (χ2v) is 4.26. The van der Waals surface area contributed by atoms with Crippen LogP contribution >= 0.6 is 11.3 Å². The lowest BCUT2D eigenvalue weighted by Crippen LogP contribution is -1.99. The molecule has 0 bridgehead atoms. The van der Waals surface area contributed by atoms with Crippen molar-refractivity contribution < 1.29 is 9.53 Å². The minimum atomic E-state index is -0.262. The van der Waals surface area contributed by atoms with Crippen LogP contribution in [0.1, 0.15) is 39.1 Å². The van der Waals surface area contributed by atoms with E-state index in [1.54, 1.807) is 0 Å². The molecule has 0 radical (unpaired) electrons. The summed E-state index contributed by atoms with van der Waals surface area (Å²) in [5.74, 6) is 0.351. The number of nitrogens with zero attached hydrogens (tertiary/aromatic N) is 1. The zero-order chi connectivity index (χ0) is 9.42. The van der Waals surface area contributed by atoms with Gasteiger partial charge in [-0.3, -0.25) is 0 Å². The Morgan fingerprint density at radius 1 is 1.62 bits per heavy atom. The summed E-state index contributed by atoms with van der Waals surface area (Å²) in [7, 11) is 1.40. The number of methoxy groups -OCH3 is 1. The van der Waals surface area contributed by atoms with Gasteiger partial charge >= 0.3 is 5.97 Å². The molecule has 0 aliphatic heterocycles. The predicted molar refractivity (Wildman–Crippen MR) is 50.2 cm³/mol. The lowest BCUT2D eigenvalue weighted by molar-refractivity contribution is 0.0605. The molecule has 0 N–H and O–H groups in total. The maximum atomic E-state index is 11.2. The number of aromatic nitrogens is 1. The standard InChI is InChI=1S/C9H11NO2S/c1-5-7(9(11)12-2)13-8(10-5)6-3-4-6/h6H,3-4H2,1-2H3. The molecular formula is C9H11NO2S. The molecule has 0 atom stereocenters. The molecule has 4 heteroatoms. The molecule has 1 aromatic rings. The highest BCUT2D eigenvalue weighted by Crippen LogP contribution is 2.42. The third-order valence-corrected chi connectivity index (χ3v) is 3.41. The van der Waals surface area contributed by atoms with Gasteiger partial charge in [-0.15, -0.1) is 11.3 Å². The molecule has 0 saturated heterocycles. The molecule has 1 aliphatic rings. The molecule has 1 aliphatic carbocycles. The molecule has 1 aromatic heterocycles. The van der Waals surface area contributed by atoms with Crippen molar-refractivity contribution in [3.05, 3.63) is 15.6 Å². The van der Waals surface area contributed by atoms with E-state index >= 15 is 0 Å². The van der Waals surface area contributed by atoms with Crippen molar-refractivity contribution in [3.63, 3.8) is 0 Å². The Kier molecular flexibility index (Phi) is 2.07. The van der Waals surface area contributed by atoms with E-state index in [1.165, 1.54) is 31.3 Å². The largest absolute Gasteiger partial charge is 0.465 e. The molecule has 2 rings (SSSR count). The lowest BCUT2D eigenvalue weighted by Gasteiger charge is -1.93. The van der Waals surface area contributed by atoms with Crippen LogP contribution in [0.3, 0.4) is 0 Å². The van der Waals surface area contributed by atoms with Crippen molar-refractivity contribution in [2.24, 2.45) is 0 Å². The number of ether oxygens (including phenoxy) is 1. The van der Waals surface area contributed by atoms with Gasteiger partial charge in [0.1, 0.15) is 4.88 Å². The Balaban J connectivity index is 2.29. The first-order chi connectivity index (χ1) is 6.22. The van der Waals surface area contributed by atoms with Crippen LogP contribution < -0.4 is 0 Å². The van der Waals surface area contributed by atoms with Gasteiger partial charge in [0, 0.05) is 5.92 Å². The first-order valence-electron chi connectivity index (χ1n) is 4.28. The van der Waals surface area contributed by atoms with Crippen molar-refractivity contribution in [1.82, 2.24) is 4.98 Å². The highest BCUT2D eigenvalue weighted by molar-refractivity contribution is 7.13. The molecule has 13 heavy (non-hydrogen) atoms. The van der Waals surface area contributed by atoms with Gasteiger partial charge < -0.3 is 4.74 Å². The van der Waals surface area contributed by atoms with Crippen LogP contribution in [-0.4, -0.2) is 18.1 Å². The molecule has 0 spiro atoms. The molecule has 1 heterocycles. The quantitative estimate of drug-likeness (QED) is 0.682. The van der Waals surface area contributed by atoms with Crippen molar-refractivity contribution in [1.29, 1.82) is 0 Å². The van der Waals surface area contributed by atoms with Gasteiger partial charge in [-0.25, -0.2) is 9.78 Å². The fourth-order valence-corrected chi connectivity index (χ4v) is 2.36. The van der Waals surface area contributed by atoms with Crippen LogP contribution in [0.2, 0.25) is 0 Å². The van der Waals surface area contributed by atoms with E-state index in [-0.39, 0.29) is 5.97 Å². The van der Waals surface area contributed by atoms with Gasteiger partial charge in [0.05, 0.1) is 17.8 Å². The SMILES string of the molecule is COC(=O)c1sc(C2CC2)nc1C. The van der Waals surface area contributed by atoms with Gasteiger partial charge in [-0.05, 0) is 19.8 Å². The van der Waals surface area contributed by atoms with E-state index in [2.05, 4.69) is 9.72 Å². The summed E-state index contributed by atoms with van der Waals surface area (Å²) < 4.78 is 4.66. The Morgan fingerprint density at radius 3 is 2.85 bits per heavy atom. The van der Waals surface area contributed by atoms with Crippen molar-refractivity contribution in [2.75, 3.05) is 7.11 Å². The molecular weight excluding hydrogens is 186 g/mol. The number of thiazole rings is 1. The van der Waals surface area contributed by atoms with Crippen LogP contribution in [0.4, 0.5) is 0 Å². The summed E-state index contributed by atoms with van der Waals surface area (Å²) in [6.07, 6.45) is 2.43. The third-order valence-electron chi connectivity index (χ3n) is 2.11. The number of carbonyl (C=O) groups is 1. The summed E-state index contributed by atoms with van der Waals surface area (Å²) in [6.45, 7) is 1.86. The summed E-state index contributed by atoms with van der Waals surface area (Å²) in [6, 6.07) is 0. The van der Waals surface area contributed by atoms with Crippen molar-refractivity contribution in [2.45, 2.75) is 25.7 Å². The van der Waals surface area contributed by atoms with Gasteiger partial charge in [0.15, 0.2) is 0 Å². The smallest absolute Gasteiger partial charge is 0.349 e. The van der Waals surface area contributed by atoms with Gasteiger partial charge in [-0.1, -0.05) is 0 Å². The normalized spacial score (nSPS) is 15.8. The van der Waals surface area contributed by atoms with Crippen LogP contribution in [-0.2, 0) is 4.74 Å². The van der Waals surface area contributed by atoms with Gasteiger partial charge in [-0.2, -0.15) is 0 Å². The Hall–Kier alpha value is -0.900. The fraction of sp³-hybridized carbons (Fsp3) is 0.556. The average molecular weight is 197 g/mol. The average Bonchev–Trinajstić information content (AvgIpc) is 2.89. The number of carbonyl (C=O) groups excluding carboxylic acids is 1. The zero-order valence-corrected chi connectivity index (χ0v) is 8.48. The number of esters is 1. The summed E-state index contributed by atoms with van der Waals surface area (Å²) >= 11 is 1.48. The highest BCUT2D eigenvalue weighted by Gasteiger charge is 2.29. The second kappa shape index (κ2) is 3.10. The van der Waals surface area contributed by atoms with Crippen molar-refractivity contribution >= 4 is 17.3 Å². The molecule has 0 aromatic carbocycles. The van der Waals surface area contributed by atoms with Gasteiger partial charge in [0.25, 0.3) is 0 Å². The third kappa shape index (κ3) is 1.58. The van der Waals surface area contributed by atoms with E-state index in [0.717, 1.165) is 10.7 Å². The maximum Gasteiger partial charge on any atom is 0.349 e. The second-order valence-electron chi connectivity index (χ2n) is 3.23. The predicted octanol–water partition coefficient (Wildman–Crippen LogP) is 2.12. The van der Waals surface area contributed by atoms with Crippen LogP contribution in [0.5, 0.6) is 0 Å². The number of aryl methyl sites for hydroxylation is 1. The number of hydrogen-bond acceptors (Lipinski definition) is 4.